The number of rotatable bonds is 8. The number of aryl methyl sites for hydroxylation is 2. The van der Waals surface area contributed by atoms with Crippen LogP contribution in [0.5, 0.6) is 0 Å². The van der Waals surface area contributed by atoms with Crippen molar-refractivity contribution in [2.45, 2.75) is 45.5 Å². The number of ether oxygens (including phenoxy) is 1. The highest BCUT2D eigenvalue weighted by atomic mass is 79.9. The molecule has 0 radical (unpaired) electrons. The standard InChI is InChI=1S/C21H25BrO2/c1-6-9-10-11-18(7-2)21(24-8-3)20(23)19-15(4)12-17(14-22)13-16(19)5/h1,7,10-13,21H,8-9,14H2,2-5H3/b11-10-,18-7+. The first-order chi connectivity index (χ1) is 11.5. The van der Waals surface area contributed by atoms with Crippen LogP contribution in [0.15, 0.2) is 35.9 Å². The van der Waals surface area contributed by atoms with Crippen LogP contribution in [0.4, 0.5) is 0 Å². The van der Waals surface area contributed by atoms with Crippen molar-refractivity contribution in [3.8, 4) is 12.3 Å². The van der Waals surface area contributed by atoms with Gasteiger partial charge in [0.2, 0.25) is 0 Å². The molecule has 0 aliphatic carbocycles. The van der Waals surface area contributed by atoms with Gasteiger partial charge >= 0.3 is 0 Å². The number of carbonyl (C=O) groups is 1. The summed E-state index contributed by atoms with van der Waals surface area (Å²) in [6.45, 7) is 8.21. The summed E-state index contributed by atoms with van der Waals surface area (Å²) in [4.78, 5) is 13.2. The zero-order valence-electron chi connectivity index (χ0n) is 14.9. The molecule has 2 nitrogen and oxygen atoms in total. The number of ketones is 1. The van der Waals surface area contributed by atoms with E-state index in [0.29, 0.717) is 13.0 Å². The first-order valence-corrected chi connectivity index (χ1v) is 9.20. The Morgan fingerprint density at radius 3 is 2.46 bits per heavy atom. The maximum atomic E-state index is 13.2. The van der Waals surface area contributed by atoms with Gasteiger partial charge in [0.15, 0.2) is 5.78 Å². The minimum absolute atomic E-state index is 0.00794. The van der Waals surface area contributed by atoms with Gasteiger partial charge in [-0.25, -0.2) is 0 Å². The van der Waals surface area contributed by atoms with Crippen LogP contribution in [-0.2, 0) is 10.1 Å². The van der Waals surface area contributed by atoms with Crippen molar-refractivity contribution >= 4 is 21.7 Å². The van der Waals surface area contributed by atoms with Gasteiger partial charge in [0.05, 0.1) is 0 Å². The van der Waals surface area contributed by atoms with Crippen LogP contribution in [0.25, 0.3) is 0 Å². The van der Waals surface area contributed by atoms with Crippen LogP contribution >= 0.6 is 15.9 Å². The Bertz CT molecular complexity index is 655. The van der Waals surface area contributed by atoms with E-state index >= 15 is 0 Å². The Kier molecular flexibility index (Phi) is 8.74. The summed E-state index contributed by atoms with van der Waals surface area (Å²) in [6, 6.07) is 4.09. The van der Waals surface area contributed by atoms with Crippen molar-refractivity contribution in [3.05, 3.63) is 58.2 Å². The number of alkyl halides is 1. The minimum atomic E-state index is -0.610. The molecule has 0 amide bonds. The smallest absolute Gasteiger partial charge is 0.196 e. The molecular formula is C21H25BrO2. The summed E-state index contributed by atoms with van der Waals surface area (Å²) in [5, 5.41) is 0.771. The number of allylic oxidation sites excluding steroid dienone is 2. The Labute approximate surface area is 154 Å². The van der Waals surface area contributed by atoms with Crippen molar-refractivity contribution in [2.24, 2.45) is 0 Å². The number of Topliss-reactive ketones (excluding diaryl/α,β-unsaturated/α-hetero) is 1. The number of carbonyl (C=O) groups excluding carboxylic acids is 1. The molecule has 128 valence electrons. The van der Waals surface area contributed by atoms with Gasteiger partial charge in [0.25, 0.3) is 0 Å². The molecule has 0 saturated carbocycles. The number of halogens is 1. The molecule has 1 aromatic rings. The highest BCUT2D eigenvalue weighted by molar-refractivity contribution is 9.08. The lowest BCUT2D eigenvalue weighted by molar-refractivity contribution is 0.0581. The lowest BCUT2D eigenvalue weighted by Gasteiger charge is -2.20. The van der Waals surface area contributed by atoms with E-state index in [1.807, 2.05) is 58.1 Å². The third-order valence-electron chi connectivity index (χ3n) is 3.75. The lowest BCUT2D eigenvalue weighted by atomic mass is 9.91. The van der Waals surface area contributed by atoms with E-state index < -0.39 is 6.10 Å². The molecule has 24 heavy (non-hydrogen) atoms. The fraction of sp³-hybridized carbons (Fsp3) is 0.381. The van der Waals surface area contributed by atoms with E-state index in [-0.39, 0.29) is 5.78 Å². The molecule has 1 rings (SSSR count). The summed E-state index contributed by atoms with van der Waals surface area (Å²) in [5.41, 5.74) is 4.68. The molecule has 0 heterocycles. The zero-order chi connectivity index (χ0) is 18.1. The predicted molar refractivity (Wildman–Crippen MR) is 105 cm³/mol. The molecule has 3 heteroatoms. The van der Waals surface area contributed by atoms with Crippen LogP contribution in [0, 0.1) is 26.2 Å². The molecule has 1 atom stereocenters. The van der Waals surface area contributed by atoms with E-state index in [2.05, 4.69) is 21.9 Å². The maximum absolute atomic E-state index is 13.2. The second kappa shape index (κ2) is 10.3. The molecule has 0 spiro atoms. The van der Waals surface area contributed by atoms with Gasteiger partial charge in [-0.15, -0.1) is 12.3 Å². The van der Waals surface area contributed by atoms with E-state index in [1.165, 1.54) is 0 Å². The van der Waals surface area contributed by atoms with Gasteiger partial charge in [0, 0.05) is 23.9 Å². The Morgan fingerprint density at radius 2 is 2.00 bits per heavy atom. The van der Waals surface area contributed by atoms with Crippen LogP contribution in [0.3, 0.4) is 0 Å². The molecule has 0 aromatic heterocycles. The molecule has 0 saturated heterocycles. The maximum Gasteiger partial charge on any atom is 0.196 e. The summed E-state index contributed by atoms with van der Waals surface area (Å²) < 4.78 is 5.78. The van der Waals surface area contributed by atoms with E-state index in [0.717, 1.165) is 33.2 Å². The van der Waals surface area contributed by atoms with E-state index in [9.17, 15) is 4.79 Å². The van der Waals surface area contributed by atoms with Crippen molar-refractivity contribution in [2.75, 3.05) is 6.61 Å². The second-order valence-electron chi connectivity index (χ2n) is 5.54. The van der Waals surface area contributed by atoms with Crippen molar-refractivity contribution < 1.29 is 9.53 Å². The number of hydrogen-bond acceptors (Lipinski definition) is 2. The van der Waals surface area contributed by atoms with Gasteiger partial charge in [-0.1, -0.05) is 46.3 Å². The third kappa shape index (κ3) is 5.19. The summed E-state index contributed by atoms with van der Waals surface area (Å²) in [7, 11) is 0. The quantitative estimate of drug-likeness (QED) is 0.261. The predicted octanol–water partition coefficient (Wildman–Crippen LogP) is 5.31. The topological polar surface area (TPSA) is 26.3 Å². The molecule has 0 fully saturated rings. The third-order valence-corrected chi connectivity index (χ3v) is 4.39. The highest BCUT2D eigenvalue weighted by Crippen LogP contribution is 2.23. The van der Waals surface area contributed by atoms with Crippen LogP contribution in [0.1, 0.15) is 47.3 Å². The molecular weight excluding hydrogens is 364 g/mol. The highest BCUT2D eigenvalue weighted by Gasteiger charge is 2.25. The Hall–Kier alpha value is -1.63. The van der Waals surface area contributed by atoms with E-state index in [1.54, 1.807) is 0 Å². The average Bonchev–Trinajstić information content (AvgIpc) is 2.56. The largest absolute Gasteiger partial charge is 0.366 e. The lowest BCUT2D eigenvalue weighted by Crippen LogP contribution is -2.27. The van der Waals surface area contributed by atoms with E-state index in [4.69, 9.17) is 11.2 Å². The monoisotopic (exact) mass is 388 g/mol. The molecule has 0 bridgehead atoms. The fourth-order valence-electron chi connectivity index (χ4n) is 2.74. The van der Waals surface area contributed by atoms with Crippen LogP contribution in [0.2, 0.25) is 0 Å². The Morgan fingerprint density at radius 1 is 1.38 bits per heavy atom. The number of benzene rings is 1. The number of terminal acetylenes is 1. The van der Waals surface area contributed by atoms with Crippen LogP contribution < -0.4 is 0 Å². The van der Waals surface area contributed by atoms with Crippen LogP contribution in [-0.4, -0.2) is 18.5 Å². The molecule has 1 unspecified atom stereocenters. The fourth-order valence-corrected chi connectivity index (χ4v) is 3.06. The van der Waals surface area contributed by atoms with Crippen molar-refractivity contribution in [1.82, 2.24) is 0 Å². The summed E-state index contributed by atoms with van der Waals surface area (Å²) in [6.07, 6.45) is 10.9. The van der Waals surface area contributed by atoms with Gasteiger partial charge in [-0.2, -0.15) is 0 Å². The molecule has 1 aromatic carbocycles. The second-order valence-corrected chi connectivity index (χ2v) is 6.10. The van der Waals surface area contributed by atoms with Crippen molar-refractivity contribution in [1.29, 1.82) is 0 Å². The zero-order valence-corrected chi connectivity index (χ0v) is 16.4. The summed E-state index contributed by atoms with van der Waals surface area (Å²) >= 11 is 3.47. The van der Waals surface area contributed by atoms with Gasteiger partial charge in [-0.05, 0) is 50.0 Å². The Balaban J connectivity index is 3.27. The van der Waals surface area contributed by atoms with Crippen molar-refractivity contribution in [3.63, 3.8) is 0 Å². The first-order valence-electron chi connectivity index (χ1n) is 8.08. The first kappa shape index (κ1) is 20.4. The average molecular weight is 389 g/mol. The normalized spacial score (nSPS) is 13.1. The molecule has 0 aliphatic rings. The van der Waals surface area contributed by atoms with Gasteiger partial charge in [0.1, 0.15) is 6.10 Å². The van der Waals surface area contributed by atoms with Gasteiger partial charge < -0.3 is 4.74 Å². The number of hydrogen-bond donors (Lipinski definition) is 0. The van der Waals surface area contributed by atoms with Gasteiger partial charge in [-0.3, -0.25) is 4.79 Å². The molecule has 0 N–H and O–H groups in total. The SMILES string of the molecule is C#CC/C=C\C(=C/C)C(OCC)C(=O)c1c(C)cc(CBr)cc1C. The molecule has 0 aliphatic heterocycles. The summed E-state index contributed by atoms with van der Waals surface area (Å²) in [5.74, 6) is 2.56. The minimum Gasteiger partial charge on any atom is -0.366 e.